The minimum absolute atomic E-state index is 0.431. The molecule has 1 N–H and O–H groups in total. The molecule has 0 spiro atoms. The number of hydrogen-bond donors (Lipinski definition) is 1. The Balaban J connectivity index is 1.77. The lowest BCUT2D eigenvalue weighted by atomic mass is 10.1. The zero-order chi connectivity index (χ0) is 14.7. The van der Waals surface area contributed by atoms with E-state index in [2.05, 4.69) is 42.3 Å². The number of nitrogens with one attached hydrogen (secondary N) is 1. The summed E-state index contributed by atoms with van der Waals surface area (Å²) in [6.45, 7) is 5.14. The van der Waals surface area contributed by atoms with Gasteiger partial charge in [0, 0.05) is 30.5 Å². The Bertz CT molecular complexity index is 606. The van der Waals surface area contributed by atoms with Crippen LogP contribution in [0.15, 0.2) is 42.7 Å². The lowest BCUT2D eigenvalue weighted by Gasteiger charge is -2.10. The standard InChI is InChI=1S/C18H22N2O/c1-13(2)20-11-14-8-16(12-19-10-14)15-4-3-5-18(9-15)21-17-6-7-17/h3-5,8-10,12-13,17,20H,6-7,11H2,1-2H3. The second kappa shape index (κ2) is 6.27. The fraction of sp³-hybridized carbons (Fsp3) is 0.389. The van der Waals surface area contributed by atoms with Crippen LogP contribution < -0.4 is 10.1 Å². The minimum Gasteiger partial charge on any atom is -0.490 e. The molecule has 1 fully saturated rings. The number of rotatable bonds is 6. The van der Waals surface area contributed by atoms with Gasteiger partial charge in [-0.15, -0.1) is 0 Å². The maximum Gasteiger partial charge on any atom is 0.120 e. The molecule has 0 atom stereocenters. The molecule has 0 amide bonds. The number of aromatic nitrogens is 1. The van der Waals surface area contributed by atoms with Crippen molar-refractivity contribution in [2.24, 2.45) is 0 Å². The van der Waals surface area contributed by atoms with Crippen molar-refractivity contribution in [1.29, 1.82) is 0 Å². The maximum absolute atomic E-state index is 5.86. The Morgan fingerprint density at radius 1 is 1.19 bits per heavy atom. The highest BCUT2D eigenvalue weighted by atomic mass is 16.5. The fourth-order valence-corrected chi connectivity index (χ4v) is 2.19. The highest BCUT2D eigenvalue weighted by molar-refractivity contribution is 5.64. The van der Waals surface area contributed by atoms with Gasteiger partial charge in [0.25, 0.3) is 0 Å². The molecule has 0 saturated heterocycles. The van der Waals surface area contributed by atoms with E-state index in [1.807, 2.05) is 24.5 Å². The summed E-state index contributed by atoms with van der Waals surface area (Å²) in [5.41, 5.74) is 3.50. The van der Waals surface area contributed by atoms with Gasteiger partial charge in [-0.1, -0.05) is 26.0 Å². The van der Waals surface area contributed by atoms with E-state index in [4.69, 9.17) is 4.74 Å². The van der Waals surface area contributed by atoms with Crippen molar-refractivity contribution in [3.8, 4) is 16.9 Å². The van der Waals surface area contributed by atoms with E-state index < -0.39 is 0 Å². The smallest absolute Gasteiger partial charge is 0.120 e. The Kier molecular flexibility index (Phi) is 4.20. The lowest BCUT2D eigenvalue weighted by molar-refractivity contribution is 0.303. The zero-order valence-electron chi connectivity index (χ0n) is 12.7. The van der Waals surface area contributed by atoms with Crippen molar-refractivity contribution >= 4 is 0 Å². The van der Waals surface area contributed by atoms with Crippen molar-refractivity contribution < 1.29 is 4.74 Å². The average molecular weight is 282 g/mol. The summed E-state index contributed by atoms with van der Waals surface area (Å²) in [6, 6.07) is 11.0. The minimum atomic E-state index is 0.431. The molecule has 1 aromatic carbocycles. The summed E-state index contributed by atoms with van der Waals surface area (Å²) in [5.74, 6) is 0.959. The molecule has 3 heteroatoms. The van der Waals surface area contributed by atoms with E-state index in [0.29, 0.717) is 12.1 Å². The van der Waals surface area contributed by atoms with Gasteiger partial charge in [-0.05, 0) is 42.2 Å². The van der Waals surface area contributed by atoms with Crippen LogP contribution in [0.5, 0.6) is 5.75 Å². The van der Waals surface area contributed by atoms with Gasteiger partial charge in [-0.3, -0.25) is 4.98 Å². The summed E-state index contributed by atoms with van der Waals surface area (Å²) in [6.07, 6.45) is 6.63. The molecule has 0 aliphatic heterocycles. The molecule has 0 radical (unpaired) electrons. The van der Waals surface area contributed by atoms with Crippen LogP contribution in [0.3, 0.4) is 0 Å². The highest BCUT2D eigenvalue weighted by Crippen LogP contribution is 2.29. The molecule has 0 unspecified atom stereocenters. The van der Waals surface area contributed by atoms with E-state index in [1.54, 1.807) is 0 Å². The molecule has 21 heavy (non-hydrogen) atoms. The topological polar surface area (TPSA) is 34.2 Å². The van der Waals surface area contributed by atoms with Crippen molar-refractivity contribution in [2.75, 3.05) is 0 Å². The molecule has 3 nitrogen and oxygen atoms in total. The number of pyridine rings is 1. The third kappa shape index (κ3) is 4.05. The van der Waals surface area contributed by atoms with Gasteiger partial charge >= 0.3 is 0 Å². The number of benzene rings is 1. The first-order chi connectivity index (χ1) is 10.2. The van der Waals surface area contributed by atoms with Gasteiger partial charge in [0.05, 0.1) is 6.10 Å². The number of hydrogen-bond acceptors (Lipinski definition) is 3. The van der Waals surface area contributed by atoms with E-state index >= 15 is 0 Å². The van der Waals surface area contributed by atoms with Gasteiger partial charge in [0.1, 0.15) is 5.75 Å². The largest absolute Gasteiger partial charge is 0.490 e. The maximum atomic E-state index is 5.86. The van der Waals surface area contributed by atoms with Crippen LogP contribution in [-0.2, 0) is 6.54 Å². The van der Waals surface area contributed by atoms with Crippen molar-refractivity contribution in [3.63, 3.8) is 0 Å². The van der Waals surface area contributed by atoms with Crippen LogP contribution >= 0.6 is 0 Å². The summed E-state index contributed by atoms with van der Waals surface area (Å²) in [4.78, 5) is 4.36. The van der Waals surface area contributed by atoms with Crippen LogP contribution in [0.1, 0.15) is 32.3 Å². The molecule has 1 heterocycles. The summed E-state index contributed by atoms with van der Waals surface area (Å²) in [7, 11) is 0. The molecule has 1 aromatic heterocycles. The Morgan fingerprint density at radius 2 is 2.05 bits per heavy atom. The first kappa shape index (κ1) is 14.1. The van der Waals surface area contributed by atoms with Gasteiger partial charge < -0.3 is 10.1 Å². The molecule has 1 aliphatic carbocycles. The van der Waals surface area contributed by atoms with Gasteiger partial charge in [-0.2, -0.15) is 0 Å². The van der Waals surface area contributed by atoms with Gasteiger partial charge in [0.2, 0.25) is 0 Å². The third-order valence-electron chi connectivity index (χ3n) is 3.50. The van der Waals surface area contributed by atoms with Crippen LogP contribution in [0.25, 0.3) is 11.1 Å². The van der Waals surface area contributed by atoms with Crippen LogP contribution in [0.4, 0.5) is 0 Å². The summed E-state index contributed by atoms with van der Waals surface area (Å²) >= 11 is 0. The zero-order valence-corrected chi connectivity index (χ0v) is 12.7. The van der Waals surface area contributed by atoms with Crippen LogP contribution in [-0.4, -0.2) is 17.1 Å². The fourth-order valence-electron chi connectivity index (χ4n) is 2.19. The number of nitrogens with zero attached hydrogens (tertiary/aromatic N) is 1. The van der Waals surface area contributed by atoms with Gasteiger partial charge in [-0.25, -0.2) is 0 Å². The first-order valence-electron chi connectivity index (χ1n) is 7.65. The molecule has 1 saturated carbocycles. The van der Waals surface area contributed by atoms with Crippen molar-refractivity contribution in [1.82, 2.24) is 10.3 Å². The van der Waals surface area contributed by atoms with Gasteiger partial charge in [0.15, 0.2) is 0 Å². The SMILES string of the molecule is CC(C)NCc1cncc(-c2cccc(OC3CC3)c2)c1. The van der Waals surface area contributed by atoms with Crippen molar-refractivity contribution in [2.45, 2.75) is 45.4 Å². The Hall–Kier alpha value is -1.87. The quantitative estimate of drug-likeness (QED) is 0.875. The average Bonchev–Trinajstić information content (AvgIpc) is 3.30. The molecule has 2 aromatic rings. The summed E-state index contributed by atoms with van der Waals surface area (Å²) in [5, 5.41) is 3.42. The van der Waals surface area contributed by atoms with Crippen molar-refractivity contribution in [3.05, 3.63) is 48.3 Å². The van der Waals surface area contributed by atoms with E-state index in [1.165, 1.54) is 18.4 Å². The predicted molar refractivity (Wildman–Crippen MR) is 85.3 cm³/mol. The Labute approximate surface area is 126 Å². The van der Waals surface area contributed by atoms with E-state index in [9.17, 15) is 0 Å². The molecular weight excluding hydrogens is 260 g/mol. The third-order valence-corrected chi connectivity index (χ3v) is 3.50. The first-order valence-corrected chi connectivity index (χ1v) is 7.65. The van der Waals surface area contributed by atoms with Crippen LogP contribution in [0.2, 0.25) is 0 Å². The molecule has 0 bridgehead atoms. The molecule has 1 aliphatic rings. The lowest BCUT2D eigenvalue weighted by Crippen LogP contribution is -2.21. The van der Waals surface area contributed by atoms with Crippen LogP contribution in [0, 0.1) is 0 Å². The summed E-state index contributed by atoms with van der Waals surface area (Å²) < 4.78 is 5.86. The monoisotopic (exact) mass is 282 g/mol. The predicted octanol–water partition coefficient (Wildman–Crippen LogP) is 3.79. The second-order valence-corrected chi connectivity index (χ2v) is 5.96. The molecular formula is C18H22N2O. The molecule has 110 valence electrons. The van der Waals surface area contributed by atoms with E-state index in [-0.39, 0.29) is 0 Å². The second-order valence-electron chi connectivity index (χ2n) is 5.96. The highest BCUT2D eigenvalue weighted by Gasteiger charge is 2.23. The number of ether oxygens (including phenoxy) is 1. The normalized spacial score (nSPS) is 14.4. The van der Waals surface area contributed by atoms with E-state index in [0.717, 1.165) is 23.4 Å². The molecule has 3 rings (SSSR count). The Morgan fingerprint density at radius 3 is 2.81 bits per heavy atom.